The number of rotatable bonds is 9. The fourth-order valence-corrected chi connectivity index (χ4v) is 4.96. The molecule has 0 radical (unpaired) electrons. The second-order valence-electron chi connectivity index (χ2n) is 7.67. The predicted molar refractivity (Wildman–Crippen MR) is 121 cm³/mol. The van der Waals surface area contributed by atoms with E-state index in [-0.39, 0.29) is 10.8 Å². The maximum atomic E-state index is 12.9. The van der Waals surface area contributed by atoms with Gasteiger partial charge < -0.3 is 15.0 Å². The van der Waals surface area contributed by atoms with Crippen molar-refractivity contribution in [3.8, 4) is 5.75 Å². The smallest absolute Gasteiger partial charge is 0.251 e. The van der Waals surface area contributed by atoms with E-state index in [1.807, 2.05) is 38.2 Å². The van der Waals surface area contributed by atoms with Crippen molar-refractivity contribution in [1.82, 2.24) is 14.5 Å². The molecule has 8 heteroatoms. The zero-order chi connectivity index (χ0) is 22.3. The van der Waals surface area contributed by atoms with Crippen LogP contribution in [0.1, 0.15) is 29.3 Å². The van der Waals surface area contributed by atoms with Crippen molar-refractivity contribution >= 4 is 15.9 Å². The van der Waals surface area contributed by atoms with E-state index in [0.717, 1.165) is 18.6 Å². The molecule has 1 amide bonds. The molecule has 31 heavy (non-hydrogen) atoms. The first-order valence-electron chi connectivity index (χ1n) is 10.7. The average Bonchev–Trinajstić information content (AvgIpc) is 2.78. The van der Waals surface area contributed by atoms with Crippen LogP contribution in [0.4, 0.5) is 0 Å². The zero-order valence-electron chi connectivity index (χ0n) is 18.2. The highest BCUT2D eigenvalue weighted by Gasteiger charge is 2.27. The lowest BCUT2D eigenvalue weighted by Gasteiger charge is -2.31. The molecule has 0 unspecified atom stereocenters. The number of carbonyl (C=O) groups is 1. The van der Waals surface area contributed by atoms with Gasteiger partial charge in [-0.25, -0.2) is 8.42 Å². The number of nitrogens with zero attached hydrogens (tertiary/aromatic N) is 2. The highest BCUT2D eigenvalue weighted by Crippen LogP contribution is 2.19. The average molecular weight is 446 g/mol. The Morgan fingerprint density at radius 2 is 1.77 bits per heavy atom. The lowest BCUT2D eigenvalue weighted by atomic mass is 10.1. The van der Waals surface area contributed by atoms with Crippen LogP contribution in [0.2, 0.25) is 0 Å². The third-order valence-corrected chi connectivity index (χ3v) is 7.25. The lowest BCUT2D eigenvalue weighted by molar-refractivity contribution is 0.0953. The number of amides is 1. The van der Waals surface area contributed by atoms with Gasteiger partial charge in [0, 0.05) is 38.3 Å². The van der Waals surface area contributed by atoms with E-state index in [0.29, 0.717) is 44.9 Å². The predicted octanol–water partition coefficient (Wildman–Crippen LogP) is 2.38. The van der Waals surface area contributed by atoms with Crippen molar-refractivity contribution in [2.45, 2.75) is 24.7 Å². The van der Waals surface area contributed by atoms with Crippen LogP contribution in [0, 0.1) is 0 Å². The highest BCUT2D eigenvalue weighted by atomic mass is 32.2. The first-order chi connectivity index (χ1) is 14.9. The Labute approximate surface area is 185 Å². The van der Waals surface area contributed by atoms with Crippen molar-refractivity contribution in [2.24, 2.45) is 0 Å². The number of likely N-dealkylation sites (N-methyl/N-ethyl adjacent to an activating group) is 1. The van der Waals surface area contributed by atoms with E-state index >= 15 is 0 Å². The summed E-state index contributed by atoms with van der Waals surface area (Å²) in [6, 6.07) is 14.2. The van der Waals surface area contributed by atoms with Gasteiger partial charge in [0.2, 0.25) is 10.0 Å². The van der Waals surface area contributed by atoms with Crippen LogP contribution in [-0.2, 0) is 16.4 Å². The first kappa shape index (κ1) is 23.2. The molecule has 1 aliphatic heterocycles. The molecule has 0 aromatic heterocycles. The quantitative estimate of drug-likeness (QED) is 0.600. The monoisotopic (exact) mass is 445 g/mol. The van der Waals surface area contributed by atoms with Gasteiger partial charge in [-0.15, -0.1) is 0 Å². The van der Waals surface area contributed by atoms with Crippen LogP contribution in [0.15, 0.2) is 53.4 Å². The summed E-state index contributed by atoms with van der Waals surface area (Å²) >= 11 is 0. The van der Waals surface area contributed by atoms with Gasteiger partial charge in [0.05, 0.1) is 11.5 Å². The van der Waals surface area contributed by atoms with Crippen LogP contribution < -0.4 is 10.1 Å². The SMILES string of the molecule is CCOc1ccc(CCCNC(=O)c2cccc(S(=O)(=O)N3CCN(C)CC3)c2)cc1. The largest absolute Gasteiger partial charge is 0.494 e. The summed E-state index contributed by atoms with van der Waals surface area (Å²) < 4.78 is 32.8. The summed E-state index contributed by atoms with van der Waals surface area (Å²) in [4.78, 5) is 14.8. The maximum absolute atomic E-state index is 12.9. The van der Waals surface area contributed by atoms with E-state index in [1.165, 1.54) is 15.9 Å². The van der Waals surface area contributed by atoms with Crippen molar-refractivity contribution in [2.75, 3.05) is 46.4 Å². The second kappa shape index (κ2) is 10.7. The van der Waals surface area contributed by atoms with Gasteiger partial charge in [0.1, 0.15) is 5.75 Å². The Balaban J connectivity index is 1.52. The number of sulfonamides is 1. The molecule has 2 aromatic rings. The van der Waals surface area contributed by atoms with Crippen LogP contribution in [0.3, 0.4) is 0 Å². The van der Waals surface area contributed by atoms with E-state index in [4.69, 9.17) is 4.74 Å². The van der Waals surface area contributed by atoms with Gasteiger partial charge in [0.15, 0.2) is 0 Å². The Morgan fingerprint density at radius 3 is 2.45 bits per heavy atom. The van der Waals surface area contributed by atoms with Crippen LogP contribution >= 0.6 is 0 Å². The molecule has 0 bridgehead atoms. The summed E-state index contributed by atoms with van der Waals surface area (Å²) in [6.07, 6.45) is 1.63. The number of aryl methyl sites for hydroxylation is 1. The molecule has 1 aliphatic rings. The summed E-state index contributed by atoms with van der Waals surface area (Å²) in [5, 5.41) is 2.89. The first-order valence-corrected chi connectivity index (χ1v) is 12.1. The van der Waals surface area contributed by atoms with E-state index in [1.54, 1.807) is 18.2 Å². The number of carbonyl (C=O) groups excluding carboxylic acids is 1. The molecule has 2 aromatic carbocycles. The number of ether oxygens (including phenoxy) is 1. The van der Waals surface area contributed by atoms with Gasteiger partial charge in [-0.2, -0.15) is 4.31 Å². The molecule has 0 aliphatic carbocycles. The Hall–Kier alpha value is -2.42. The summed E-state index contributed by atoms with van der Waals surface area (Å²) in [5.74, 6) is 0.591. The fraction of sp³-hybridized carbons (Fsp3) is 0.435. The molecule has 7 nitrogen and oxygen atoms in total. The number of hydrogen-bond donors (Lipinski definition) is 1. The molecule has 1 saturated heterocycles. The topological polar surface area (TPSA) is 78.9 Å². The fourth-order valence-electron chi connectivity index (χ4n) is 3.49. The second-order valence-corrected chi connectivity index (χ2v) is 9.61. The zero-order valence-corrected chi connectivity index (χ0v) is 19.0. The highest BCUT2D eigenvalue weighted by molar-refractivity contribution is 7.89. The summed E-state index contributed by atoms with van der Waals surface area (Å²) in [5.41, 5.74) is 1.54. The van der Waals surface area contributed by atoms with Gasteiger partial charge in [-0.05, 0) is 62.7 Å². The van der Waals surface area contributed by atoms with Crippen molar-refractivity contribution in [1.29, 1.82) is 0 Å². The third kappa shape index (κ3) is 6.29. The van der Waals surface area contributed by atoms with Crippen molar-refractivity contribution in [3.05, 3.63) is 59.7 Å². The van der Waals surface area contributed by atoms with Crippen LogP contribution in [0.25, 0.3) is 0 Å². The Kier molecular flexibility index (Phi) is 8.06. The normalized spacial score (nSPS) is 15.5. The number of nitrogens with one attached hydrogen (secondary N) is 1. The van der Waals surface area contributed by atoms with E-state index in [9.17, 15) is 13.2 Å². The third-order valence-electron chi connectivity index (χ3n) is 5.36. The Morgan fingerprint density at radius 1 is 1.06 bits per heavy atom. The van der Waals surface area contributed by atoms with Crippen LogP contribution in [0.5, 0.6) is 5.75 Å². The molecule has 3 rings (SSSR count). The maximum Gasteiger partial charge on any atom is 0.251 e. The lowest BCUT2D eigenvalue weighted by Crippen LogP contribution is -2.47. The van der Waals surface area contributed by atoms with Crippen molar-refractivity contribution < 1.29 is 17.9 Å². The minimum absolute atomic E-state index is 0.166. The molecule has 1 heterocycles. The van der Waals surface area contributed by atoms with Crippen molar-refractivity contribution in [3.63, 3.8) is 0 Å². The molecule has 0 saturated carbocycles. The van der Waals surface area contributed by atoms with Gasteiger partial charge in [-0.1, -0.05) is 18.2 Å². The minimum Gasteiger partial charge on any atom is -0.494 e. The van der Waals surface area contributed by atoms with E-state index < -0.39 is 10.0 Å². The molecule has 1 fully saturated rings. The molecule has 0 atom stereocenters. The number of hydrogen-bond acceptors (Lipinski definition) is 5. The standard InChI is InChI=1S/C23H31N3O4S/c1-3-30-21-11-9-19(10-12-21)6-5-13-24-23(27)20-7-4-8-22(18-20)31(28,29)26-16-14-25(2)15-17-26/h4,7-12,18H,3,5-6,13-17H2,1-2H3,(H,24,27). The number of benzene rings is 2. The summed E-state index contributed by atoms with van der Waals surface area (Å²) in [6.45, 7) is 5.43. The van der Waals surface area contributed by atoms with Gasteiger partial charge >= 0.3 is 0 Å². The molecule has 0 spiro atoms. The molecular formula is C23H31N3O4S. The summed E-state index contributed by atoms with van der Waals surface area (Å²) in [7, 11) is -1.62. The molecule has 1 N–H and O–H groups in total. The van der Waals surface area contributed by atoms with Crippen LogP contribution in [-0.4, -0.2) is 69.9 Å². The van der Waals surface area contributed by atoms with E-state index in [2.05, 4.69) is 10.2 Å². The van der Waals surface area contributed by atoms with Gasteiger partial charge in [0.25, 0.3) is 5.91 Å². The molecular weight excluding hydrogens is 414 g/mol. The number of piperazine rings is 1. The minimum atomic E-state index is -3.59. The van der Waals surface area contributed by atoms with Gasteiger partial charge in [-0.3, -0.25) is 4.79 Å². The Bertz CT molecular complexity index is 969. The molecule has 168 valence electrons.